The van der Waals surface area contributed by atoms with Crippen LogP contribution < -0.4 is 10.4 Å². The average molecular weight is 478 g/mol. The number of nitrogens with one attached hydrogen (secondary N) is 1. The minimum Gasteiger partial charge on any atom is -0.284 e. The van der Waals surface area contributed by atoms with Crippen molar-refractivity contribution in [3.63, 3.8) is 0 Å². The van der Waals surface area contributed by atoms with E-state index in [1.54, 1.807) is 12.1 Å². The molecule has 1 saturated carbocycles. The summed E-state index contributed by atoms with van der Waals surface area (Å²) < 4.78 is 0. The van der Waals surface area contributed by atoms with Gasteiger partial charge in [0.25, 0.3) is 5.91 Å². The fourth-order valence-electron chi connectivity index (χ4n) is 5.02. The van der Waals surface area contributed by atoms with Gasteiger partial charge in [-0.05, 0) is 60.6 Å². The van der Waals surface area contributed by atoms with E-state index in [2.05, 4.69) is 10.4 Å². The quantitative estimate of drug-likeness (QED) is 0.613. The highest BCUT2D eigenvalue weighted by Crippen LogP contribution is 2.40. The van der Waals surface area contributed by atoms with Crippen LogP contribution in [0.3, 0.4) is 0 Å². The average Bonchev–Trinajstić information content (AvgIpc) is 3.43. The lowest BCUT2D eigenvalue weighted by Crippen LogP contribution is -2.44. The van der Waals surface area contributed by atoms with Gasteiger partial charge in [0.15, 0.2) is 0 Å². The Balaban J connectivity index is 1.39. The summed E-state index contributed by atoms with van der Waals surface area (Å²) in [7, 11) is 0. The van der Waals surface area contributed by atoms with Crippen molar-refractivity contribution in [1.29, 1.82) is 0 Å². The minimum atomic E-state index is -0.158. The standard InChI is InChI=1S/C23H23Cl3N4O/c24-17-6-4-14(5-7-17)22-11-20(27-30(22)21-9-8-18(25)10-19(21)26)23(31)28-29-12-15-2-1-3-16(15)13-29/h4-10,15-16,22H,1-3,11-13H2,(H,28,31). The minimum absolute atomic E-state index is 0.147. The number of amides is 1. The number of halogens is 3. The third kappa shape index (κ3) is 4.29. The molecule has 3 aliphatic rings. The van der Waals surface area contributed by atoms with Crippen LogP contribution in [0.4, 0.5) is 5.69 Å². The first kappa shape index (κ1) is 21.1. The van der Waals surface area contributed by atoms with Crippen LogP contribution in [0.2, 0.25) is 15.1 Å². The largest absolute Gasteiger partial charge is 0.284 e. The molecule has 1 saturated heterocycles. The van der Waals surface area contributed by atoms with Gasteiger partial charge in [0.2, 0.25) is 0 Å². The Labute approximate surface area is 196 Å². The number of anilines is 1. The number of carbonyl (C=O) groups is 1. The Bertz CT molecular complexity index is 1010. The number of hydrogen-bond acceptors (Lipinski definition) is 4. The second-order valence-corrected chi connectivity index (χ2v) is 9.84. The van der Waals surface area contributed by atoms with Crippen molar-refractivity contribution in [2.75, 3.05) is 18.1 Å². The second kappa shape index (κ2) is 8.62. The summed E-state index contributed by atoms with van der Waals surface area (Å²) in [6, 6.07) is 12.8. The van der Waals surface area contributed by atoms with Crippen LogP contribution in [0.1, 0.15) is 37.3 Å². The molecule has 162 valence electrons. The number of nitrogens with zero attached hydrogens (tertiary/aromatic N) is 3. The molecule has 0 radical (unpaired) electrons. The molecule has 1 N–H and O–H groups in total. The Morgan fingerprint density at radius 2 is 1.65 bits per heavy atom. The number of hydrogen-bond donors (Lipinski definition) is 1. The molecule has 0 spiro atoms. The van der Waals surface area contributed by atoms with E-state index >= 15 is 0 Å². The van der Waals surface area contributed by atoms with Crippen molar-refractivity contribution in [2.45, 2.75) is 31.7 Å². The molecule has 8 heteroatoms. The topological polar surface area (TPSA) is 47.9 Å². The number of fused-ring (bicyclic) bond motifs is 1. The van der Waals surface area contributed by atoms with Crippen LogP contribution in [0, 0.1) is 11.8 Å². The molecule has 2 aromatic carbocycles. The Kier molecular flexibility index (Phi) is 5.86. The summed E-state index contributed by atoms with van der Waals surface area (Å²) in [5.74, 6) is 1.26. The molecule has 5 rings (SSSR count). The molecule has 2 heterocycles. The Morgan fingerprint density at radius 1 is 0.968 bits per heavy atom. The molecule has 5 nitrogen and oxygen atoms in total. The third-order valence-corrected chi connectivity index (χ3v) is 7.36. The summed E-state index contributed by atoms with van der Waals surface area (Å²) in [6.45, 7) is 1.86. The molecule has 1 amide bonds. The number of hydrazone groups is 1. The van der Waals surface area contributed by atoms with E-state index in [1.165, 1.54) is 19.3 Å². The first-order valence-electron chi connectivity index (χ1n) is 10.6. The van der Waals surface area contributed by atoms with Gasteiger partial charge in [0.1, 0.15) is 5.71 Å². The van der Waals surface area contributed by atoms with Crippen LogP contribution in [-0.2, 0) is 4.79 Å². The summed E-state index contributed by atoms with van der Waals surface area (Å²) >= 11 is 18.6. The van der Waals surface area contributed by atoms with Crippen LogP contribution in [0.15, 0.2) is 47.6 Å². The highest BCUT2D eigenvalue weighted by atomic mass is 35.5. The van der Waals surface area contributed by atoms with Gasteiger partial charge >= 0.3 is 0 Å². The molecule has 3 atom stereocenters. The molecule has 2 aliphatic heterocycles. The van der Waals surface area contributed by atoms with Crippen LogP contribution in [0.25, 0.3) is 0 Å². The van der Waals surface area contributed by atoms with E-state index in [-0.39, 0.29) is 11.9 Å². The van der Waals surface area contributed by atoms with E-state index in [4.69, 9.17) is 39.9 Å². The highest BCUT2D eigenvalue weighted by molar-refractivity contribution is 6.40. The molecule has 0 bridgehead atoms. The van der Waals surface area contributed by atoms with E-state index in [0.717, 1.165) is 18.7 Å². The molecule has 0 aromatic heterocycles. The molecular formula is C23H23Cl3N4O. The third-order valence-electron chi connectivity index (χ3n) is 6.57. The van der Waals surface area contributed by atoms with Crippen molar-refractivity contribution in [3.8, 4) is 0 Å². The van der Waals surface area contributed by atoms with Crippen LogP contribution in [-0.4, -0.2) is 29.7 Å². The van der Waals surface area contributed by atoms with Gasteiger partial charge in [-0.2, -0.15) is 5.10 Å². The summed E-state index contributed by atoms with van der Waals surface area (Å²) in [5, 5.41) is 10.3. The van der Waals surface area contributed by atoms with E-state index < -0.39 is 0 Å². The zero-order chi connectivity index (χ0) is 21.5. The Hall–Kier alpha value is -1.79. The fourth-order valence-corrected chi connectivity index (χ4v) is 5.64. The van der Waals surface area contributed by atoms with E-state index in [9.17, 15) is 4.79 Å². The molecule has 3 unspecified atom stereocenters. The van der Waals surface area contributed by atoms with Crippen molar-refractivity contribution >= 4 is 52.1 Å². The lowest BCUT2D eigenvalue weighted by molar-refractivity contribution is -0.119. The smallest absolute Gasteiger partial charge is 0.281 e. The number of rotatable bonds is 4. The van der Waals surface area contributed by atoms with Gasteiger partial charge in [-0.15, -0.1) is 0 Å². The maximum Gasteiger partial charge on any atom is 0.281 e. The van der Waals surface area contributed by atoms with Gasteiger partial charge in [-0.1, -0.05) is 53.4 Å². The van der Waals surface area contributed by atoms with E-state index in [1.807, 2.05) is 35.3 Å². The van der Waals surface area contributed by atoms with E-state index in [0.29, 0.717) is 44.7 Å². The second-order valence-electron chi connectivity index (χ2n) is 8.56. The zero-order valence-electron chi connectivity index (χ0n) is 16.9. The Morgan fingerprint density at radius 3 is 2.32 bits per heavy atom. The zero-order valence-corrected chi connectivity index (χ0v) is 19.2. The van der Waals surface area contributed by atoms with Crippen molar-refractivity contribution in [1.82, 2.24) is 10.4 Å². The van der Waals surface area contributed by atoms with Gasteiger partial charge < -0.3 is 0 Å². The van der Waals surface area contributed by atoms with Gasteiger partial charge in [-0.3, -0.25) is 15.2 Å². The summed E-state index contributed by atoms with van der Waals surface area (Å²) in [6.07, 6.45) is 4.31. The predicted molar refractivity (Wildman–Crippen MR) is 126 cm³/mol. The first-order valence-corrected chi connectivity index (χ1v) is 11.7. The van der Waals surface area contributed by atoms with Gasteiger partial charge in [0.05, 0.1) is 16.8 Å². The van der Waals surface area contributed by atoms with Crippen LogP contribution >= 0.6 is 34.8 Å². The number of hydrazine groups is 1. The first-order chi connectivity index (χ1) is 15.0. The molecule has 2 fully saturated rings. The van der Waals surface area contributed by atoms with Crippen LogP contribution in [0.5, 0.6) is 0 Å². The normalized spacial score (nSPS) is 25.6. The molecule has 31 heavy (non-hydrogen) atoms. The summed E-state index contributed by atoms with van der Waals surface area (Å²) in [4.78, 5) is 13.1. The SMILES string of the molecule is O=C(NN1CC2CCCC2C1)C1=NN(c2ccc(Cl)cc2Cl)C(c2ccc(Cl)cc2)C1. The highest BCUT2D eigenvalue weighted by Gasteiger charge is 2.38. The number of benzene rings is 2. The van der Waals surface area contributed by atoms with Gasteiger partial charge in [0, 0.05) is 29.6 Å². The fraction of sp³-hybridized carbons (Fsp3) is 0.391. The summed E-state index contributed by atoms with van der Waals surface area (Å²) in [5.41, 5.74) is 5.30. The maximum absolute atomic E-state index is 13.1. The lowest BCUT2D eigenvalue weighted by Gasteiger charge is -2.25. The number of carbonyl (C=O) groups excluding carboxylic acids is 1. The van der Waals surface area contributed by atoms with Gasteiger partial charge in [-0.25, -0.2) is 5.01 Å². The molecule has 1 aliphatic carbocycles. The maximum atomic E-state index is 13.1. The monoisotopic (exact) mass is 476 g/mol. The van der Waals surface area contributed by atoms with Crippen molar-refractivity contribution < 1.29 is 4.79 Å². The predicted octanol–water partition coefficient (Wildman–Crippen LogP) is 5.72. The van der Waals surface area contributed by atoms with Crippen molar-refractivity contribution in [3.05, 3.63) is 63.1 Å². The molecule has 2 aromatic rings. The lowest BCUT2D eigenvalue weighted by atomic mass is 10.0. The van der Waals surface area contributed by atoms with Crippen molar-refractivity contribution in [2.24, 2.45) is 16.9 Å². The molecular weight excluding hydrogens is 455 g/mol.